The van der Waals surface area contributed by atoms with E-state index in [4.69, 9.17) is 4.74 Å². The van der Waals surface area contributed by atoms with Crippen LogP contribution in [0.1, 0.15) is 22.8 Å². The molecule has 2 aromatic carbocycles. The molecule has 0 fully saturated rings. The summed E-state index contributed by atoms with van der Waals surface area (Å²) in [5.41, 5.74) is 2.53. The predicted octanol–water partition coefficient (Wildman–Crippen LogP) is 3.34. The summed E-state index contributed by atoms with van der Waals surface area (Å²) in [4.78, 5) is 14.4. The number of ether oxygens (including phenoxy) is 1. The summed E-state index contributed by atoms with van der Waals surface area (Å²) in [6, 6.07) is 9.93. The van der Waals surface area contributed by atoms with Crippen molar-refractivity contribution >= 4 is 11.6 Å². The van der Waals surface area contributed by atoms with Crippen molar-refractivity contribution in [2.75, 3.05) is 19.1 Å². The average Bonchev–Trinajstić information content (AvgIpc) is 3.16. The van der Waals surface area contributed by atoms with Gasteiger partial charge in [-0.1, -0.05) is 19.1 Å². The Morgan fingerprint density at radius 1 is 1.22 bits per heavy atom. The van der Waals surface area contributed by atoms with E-state index in [0.29, 0.717) is 40.2 Å². The Balaban J connectivity index is 2.04. The first-order valence-corrected chi connectivity index (χ1v) is 8.47. The number of anilines is 1. The zero-order chi connectivity index (χ0) is 19.6. The zero-order valence-electron chi connectivity index (χ0n) is 15.4. The summed E-state index contributed by atoms with van der Waals surface area (Å²) in [6.45, 7) is 1.90. The number of phenolic OH excluding ortho intramolecular Hbond substituents is 2. The number of hydrogen-bond donors (Lipinski definition) is 3. The summed E-state index contributed by atoms with van der Waals surface area (Å²) < 4.78 is 5.27. The molecule has 140 valence electrons. The minimum Gasteiger partial charge on any atom is -0.508 e. The molecule has 7 heteroatoms. The molecular formula is C20H21N3O4. The highest BCUT2D eigenvalue weighted by Crippen LogP contribution is 2.38. The van der Waals surface area contributed by atoms with Gasteiger partial charge >= 0.3 is 0 Å². The summed E-state index contributed by atoms with van der Waals surface area (Å²) >= 11 is 0. The average molecular weight is 367 g/mol. The van der Waals surface area contributed by atoms with Crippen LogP contribution in [0.15, 0.2) is 42.6 Å². The van der Waals surface area contributed by atoms with Gasteiger partial charge in [0.2, 0.25) is 0 Å². The van der Waals surface area contributed by atoms with Crippen LogP contribution in [0.4, 0.5) is 5.69 Å². The van der Waals surface area contributed by atoms with Crippen molar-refractivity contribution in [1.82, 2.24) is 10.2 Å². The minimum absolute atomic E-state index is 0.0262. The molecule has 3 aromatic rings. The monoisotopic (exact) mass is 367 g/mol. The van der Waals surface area contributed by atoms with E-state index in [9.17, 15) is 15.0 Å². The molecule has 0 saturated heterocycles. The highest BCUT2D eigenvalue weighted by atomic mass is 16.5. The predicted molar refractivity (Wildman–Crippen MR) is 102 cm³/mol. The fraction of sp³-hybridized carbons (Fsp3) is 0.200. The van der Waals surface area contributed by atoms with Crippen molar-refractivity contribution < 1.29 is 19.7 Å². The fourth-order valence-corrected chi connectivity index (χ4v) is 2.95. The van der Waals surface area contributed by atoms with Crippen LogP contribution in [0.5, 0.6) is 17.2 Å². The van der Waals surface area contributed by atoms with E-state index < -0.39 is 0 Å². The molecule has 0 radical (unpaired) electrons. The van der Waals surface area contributed by atoms with Crippen LogP contribution >= 0.6 is 0 Å². The molecule has 1 amide bonds. The van der Waals surface area contributed by atoms with Gasteiger partial charge in [-0.15, -0.1) is 0 Å². The number of methoxy groups -OCH3 is 1. The number of nitrogens with one attached hydrogen (secondary N) is 1. The lowest BCUT2D eigenvalue weighted by molar-refractivity contribution is 0.0990. The minimum atomic E-state index is -0.274. The molecule has 0 bridgehead atoms. The van der Waals surface area contributed by atoms with E-state index in [-0.39, 0.29) is 17.4 Å². The number of rotatable bonds is 5. The summed E-state index contributed by atoms with van der Waals surface area (Å²) in [5, 5.41) is 27.1. The number of nitrogens with zero attached hydrogens (tertiary/aromatic N) is 2. The largest absolute Gasteiger partial charge is 0.508 e. The number of hydrogen-bond acceptors (Lipinski definition) is 5. The number of aromatic hydroxyl groups is 2. The van der Waals surface area contributed by atoms with E-state index in [1.807, 2.05) is 6.92 Å². The highest BCUT2D eigenvalue weighted by molar-refractivity contribution is 6.09. The van der Waals surface area contributed by atoms with E-state index >= 15 is 0 Å². The molecule has 0 unspecified atom stereocenters. The van der Waals surface area contributed by atoms with Crippen LogP contribution < -0.4 is 9.64 Å². The molecule has 0 spiro atoms. The number of H-pyrrole nitrogens is 1. The summed E-state index contributed by atoms with van der Waals surface area (Å²) in [5.74, 6) is 0.121. The Labute approximate surface area is 156 Å². The van der Waals surface area contributed by atoms with Gasteiger partial charge in [0, 0.05) is 18.7 Å². The van der Waals surface area contributed by atoms with Gasteiger partial charge in [0.15, 0.2) is 0 Å². The highest BCUT2D eigenvalue weighted by Gasteiger charge is 2.23. The van der Waals surface area contributed by atoms with Gasteiger partial charge in [-0.3, -0.25) is 9.89 Å². The molecular weight excluding hydrogens is 346 g/mol. The van der Waals surface area contributed by atoms with Gasteiger partial charge in [0.1, 0.15) is 17.2 Å². The van der Waals surface area contributed by atoms with Crippen molar-refractivity contribution in [3.8, 4) is 28.5 Å². The molecule has 0 aliphatic heterocycles. The third-order valence-corrected chi connectivity index (χ3v) is 4.47. The summed E-state index contributed by atoms with van der Waals surface area (Å²) in [6.07, 6.45) is 2.11. The van der Waals surface area contributed by atoms with Crippen LogP contribution in [-0.4, -0.2) is 40.5 Å². The molecule has 7 nitrogen and oxygen atoms in total. The quantitative estimate of drug-likeness (QED) is 0.642. The third-order valence-electron chi connectivity index (χ3n) is 4.47. The second kappa shape index (κ2) is 7.41. The zero-order valence-corrected chi connectivity index (χ0v) is 15.4. The van der Waals surface area contributed by atoms with Gasteiger partial charge in [0.05, 0.1) is 30.3 Å². The second-order valence-corrected chi connectivity index (χ2v) is 6.05. The number of aromatic amines is 1. The lowest BCUT2D eigenvalue weighted by Crippen LogP contribution is -2.26. The fourth-order valence-electron chi connectivity index (χ4n) is 2.95. The maximum absolute atomic E-state index is 13.0. The number of amides is 1. The van der Waals surface area contributed by atoms with E-state index in [1.54, 1.807) is 37.4 Å². The molecule has 27 heavy (non-hydrogen) atoms. The first-order chi connectivity index (χ1) is 13.0. The number of carbonyl (C=O) groups is 1. The number of benzene rings is 2. The molecule has 3 rings (SSSR count). The molecule has 0 atom stereocenters. The smallest absolute Gasteiger partial charge is 0.261 e. The van der Waals surface area contributed by atoms with Crippen molar-refractivity contribution in [2.24, 2.45) is 0 Å². The second-order valence-electron chi connectivity index (χ2n) is 6.05. The van der Waals surface area contributed by atoms with Crippen LogP contribution in [0, 0.1) is 0 Å². The third kappa shape index (κ3) is 3.31. The lowest BCUT2D eigenvalue weighted by Gasteiger charge is -2.19. The maximum Gasteiger partial charge on any atom is 0.261 e. The van der Waals surface area contributed by atoms with Gasteiger partial charge in [-0.25, -0.2) is 0 Å². The summed E-state index contributed by atoms with van der Waals surface area (Å²) in [7, 11) is 3.14. The molecule has 1 aromatic heterocycles. The first kappa shape index (κ1) is 18.3. The van der Waals surface area contributed by atoms with E-state index in [0.717, 1.165) is 0 Å². The van der Waals surface area contributed by atoms with E-state index in [2.05, 4.69) is 10.2 Å². The lowest BCUT2D eigenvalue weighted by atomic mass is 10.0. The van der Waals surface area contributed by atoms with Crippen molar-refractivity contribution in [1.29, 1.82) is 0 Å². The Morgan fingerprint density at radius 3 is 2.67 bits per heavy atom. The van der Waals surface area contributed by atoms with Gasteiger partial charge in [-0.2, -0.15) is 5.10 Å². The Kier molecular flexibility index (Phi) is 5.03. The van der Waals surface area contributed by atoms with Crippen molar-refractivity contribution in [2.45, 2.75) is 13.3 Å². The number of para-hydroxylation sites is 1. The van der Waals surface area contributed by atoms with Gasteiger partial charge < -0.3 is 19.8 Å². The number of aryl methyl sites for hydroxylation is 1. The van der Waals surface area contributed by atoms with E-state index in [1.165, 1.54) is 24.3 Å². The van der Waals surface area contributed by atoms with Crippen molar-refractivity contribution in [3.63, 3.8) is 0 Å². The SMILES string of the molecule is CCc1cc(-c2[nH]ncc2N(C)C(=O)c2ccccc2OC)c(O)cc1O. The van der Waals surface area contributed by atoms with Crippen molar-refractivity contribution in [3.05, 3.63) is 53.7 Å². The normalized spacial score (nSPS) is 10.6. The van der Waals surface area contributed by atoms with Gasteiger partial charge in [-0.05, 0) is 30.2 Å². The number of carbonyl (C=O) groups excluding carboxylic acids is 1. The maximum atomic E-state index is 13.0. The molecule has 0 saturated carbocycles. The Morgan fingerprint density at radius 2 is 1.96 bits per heavy atom. The number of phenols is 2. The van der Waals surface area contributed by atoms with Crippen LogP contribution in [0.25, 0.3) is 11.3 Å². The van der Waals surface area contributed by atoms with Gasteiger partial charge in [0.25, 0.3) is 5.91 Å². The number of aromatic nitrogens is 2. The van der Waals surface area contributed by atoms with Crippen LogP contribution in [-0.2, 0) is 6.42 Å². The Bertz CT molecular complexity index is 981. The molecule has 1 heterocycles. The topological polar surface area (TPSA) is 98.7 Å². The van der Waals surface area contributed by atoms with Crippen LogP contribution in [0.3, 0.4) is 0 Å². The molecule has 3 N–H and O–H groups in total. The molecule has 0 aliphatic rings. The molecule has 0 aliphatic carbocycles. The first-order valence-electron chi connectivity index (χ1n) is 8.47. The Hall–Kier alpha value is -3.48. The van der Waals surface area contributed by atoms with Crippen LogP contribution in [0.2, 0.25) is 0 Å². The standard InChI is InChI=1S/C20H21N3O4/c1-4-12-9-14(17(25)10-16(12)24)19-15(11-21-22-19)23(2)20(26)13-7-5-6-8-18(13)27-3/h5-11,24-25H,4H2,1-3H3,(H,21,22).